The lowest BCUT2D eigenvalue weighted by Crippen LogP contribution is -2.24. The van der Waals surface area contributed by atoms with E-state index in [1.165, 1.54) is 11.8 Å². The van der Waals surface area contributed by atoms with E-state index in [0.29, 0.717) is 11.4 Å². The first-order valence-corrected chi connectivity index (χ1v) is 7.83. The number of nitrogens with zero attached hydrogens (tertiary/aromatic N) is 2. The Balaban J connectivity index is 1.81. The van der Waals surface area contributed by atoms with Crippen molar-refractivity contribution < 1.29 is 9.53 Å². The SMILES string of the molecule is Cc1cccc(/C=N\NC(=O)COc2ccc(C(C)(C)C)cc2)n1. The molecule has 1 heterocycles. The lowest BCUT2D eigenvalue weighted by Gasteiger charge is -2.19. The van der Waals surface area contributed by atoms with Gasteiger partial charge in [0, 0.05) is 5.69 Å². The Hall–Kier alpha value is -2.69. The highest BCUT2D eigenvalue weighted by molar-refractivity contribution is 5.81. The second-order valence-electron chi connectivity index (χ2n) is 6.56. The first-order chi connectivity index (χ1) is 11.3. The Morgan fingerprint density at radius 1 is 1.21 bits per heavy atom. The fourth-order valence-corrected chi connectivity index (χ4v) is 2.04. The standard InChI is InChI=1S/C19H23N3O2/c1-14-6-5-7-16(21-14)12-20-22-18(23)13-24-17-10-8-15(9-11-17)19(2,3)4/h5-12H,13H2,1-4H3,(H,22,23)/b20-12-. The molecule has 0 spiro atoms. The van der Waals surface area contributed by atoms with E-state index >= 15 is 0 Å². The molecule has 1 aromatic heterocycles. The topological polar surface area (TPSA) is 63.6 Å². The van der Waals surface area contributed by atoms with Crippen molar-refractivity contribution in [2.75, 3.05) is 6.61 Å². The maximum atomic E-state index is 11.7. The maximum Gasteiger partial charge on any atom is 0.277 e. The van der Waals surface area contributed by atoms with E-state index in [-0.39, 0.29) is 17.9 Å². The molecule has 1 N–H and O–H groups in total. The van der Waals surface area contributed by atoms with Gasteiger partial charge >= 0.3 is 0 Å². The smallest absolute Gasteiger partial charge is 0.277 e. The molecule has 1 aromatic carbocycles. The summed E-state index contributed by atoms with van der Waals surface area (Å²) in [7, 11) is 0. The van der Waals surface area contributed by atoms with E-state index in [0.717, 1.165) is 5.69 Å². The number of aryl methyl sites for hydroxylation is 1. The van der Waals surface area contributed by atoms with Crippen LogP contribution in [0.2, 0.25) is 0 Å². The van der Waals surface area contributed by atoms with Crippen LogP contribution in [0.5, 0.6) is 5.75 Å². The average Bonchev–Trinajstić information content (AvgIpc) is 2.52. The first kappa shape index (κ1) is 17.7. The van der Waals surface area contributed by atoms with Gasteiger partial charge < -0.3 is 4.74 Å². The van der Waals surface area contributed by atoms with Crippen LogP contribution in [0.1, 0.15) is 37.7 Å². The molecular weight excluding hydrogens is 302 g/mol. The molecule has 0 unspecified atom stereocenters. The lowest BCUT2D eigenvalue weighted by molar-refractivity contribution is -0.123. The maximum absolute atomic E-state index is 11.7. The van der Waals surface area contributed by atoms with Crippen molar-refractivity contribution in [1.82, 2.24) is 10.4 Å². The second kappa shape index (κ2) is 7.73. The molecule has 5 heteroatoms. The van der Waals surface area contributed by atoms with Crippen LogP contribution in [0.3, 0.4) is 0 Å². The Morgan fingerprint density at radius 2 is 1.92 bits per heavy atom. The van der Waals surface area contributed by atoms with E-state index in [1.807, 2.05) is 49.4 Å². The van der Waals surface area contributed by atoms with Crippen molar-refractivity contribution in [3.63, 3.8) is 0 Å². The first-order valence-electron chi connectivity index (χ1n) is 7.83. The molecule has 0 radical (unpaired) electrons. The number of carbonyl (C=O) groups is 1. The highest BCUT2D eigenvalue weighted by Crippen LogP contribution is 2.24. The largest absolute Gasteiger partial charge is 0.484 e. The lowest BCUT2D eigenvalue weighted by atomic mass is 9.87. The summed E-state index contributed by atoms with van der Waals surface area (Å²) in [6, 6.07) is 13.4. The van der Waals surface area contributed by atoms with Crippen LogP contribution in [0.15, 0.2) is 47.6 Å². The molecule has 1 amide bonds. The van der Waals surface area contributed by atoms with Gasteiger partial charge in [-0.15, -0.1) is 0 Å². The van der Waals surface area contributed by atoms with Gasteiger partial charge in [-0.25, -0.2) is 5.43 Å². The minimum atomic E-state index is -0.321. The molecule has 24 heavy (non-hydrogen) atoms. The van der Waals surface area contributed by atoms with Gasteiger partial charge in [-0.1, -0.05) is 39.0 Å². The number of carbonyl (C=O) groups excluding carboxylic acids is 1. The van der Waals surface area contributed by atoms with Crippen molar-refractivity contribution in [2.24, 2.45) is 5.10 Å². The van der Waals surface area contributed by atoms with Gasteiger partial charge in [0.2, 0.25) is 0 Å². The number of benzene rings is 1. The van der Waals surface area contributed by atoms with Crippen LogP contribution in [-0.4, -0.2) is 23.7 Å². The number of pyridine rings is 1. The van der Waals surface area contributed by atoms with Crippen LogP contribution in [0, 0.1) is 6.92 Å². The summed E-state index contributed by atoms with van der Waals surface area (Å²) in [5, 5.41) is 3.87. The Bertz CT molecular complexity index is 716. The van der Waals surface area contributed by atoms with E-state index in [4.69, 9.17) is 4.74 Å². The normalized spacial score (nSPS) is 11.5. The summed E-state index contributed by atoms with van der Waals surface area (Å²) in [5.74, 6) is 0.335. The van der Waals surface area contributed by atoms with E-state index in [2.05, 4.69) is 36.3 Å². The van der Waals surface area contributed by atoms with Crippen LogP contribution in [0.4, 0.5) is 0 Å². The summed E-state index contributed by atoms with van der Waals surface area (Å²) in [6.45, 7) is 8.26. The highest BCUT2D eigenvalue weighted by Gasteiger charge is 2.13. The van der Waals surface area contributed by atoms with Crippen LogP contribution in [0.25, 0.3) is 0 Å². The zero-order chi connectivity index (χ0) is 17.6. The monoisotopic (exact) mass is 325 g/mol. The molecule has 0 saturated carbocycles. The summed E-state index contributed by atoms with van der Waals surface area (Å²) in [4.78, 5) is 16.0. The summed E-state index contributed by atoms with van der Waals surface area (Å²) in [5.41, 5.74) is 5.32. The van der Waals surface area contributed by atoms with Crippen molar-refractivity contribution >= 4 is 12.1 Å². The van der Waals surface area contributed by atoms with E-state index in [1.54, 1.807) is 0 Å². The summed E-state index contributed by atoms with van der Waals surface area (Å²) < 4.78 is 5.46. The van der Waals surface area contributed by atoms with Gasteiger partial charge in [0.15, 0.2) is 6.61 Å². The summed E-state index contributed by atoms with van der Waals surface area (Å²) in [6.07, 6.45) is 1.50. The van der Waals surface area contributed by atoms with Crippen molar-refractivity contribution in [1.29, 1.82) is 0 Å². The van der Waals surface area contributed by atoms with Gasteiger partial charge in [0.05, 0.1) is 11.9 Å². The van der Waals surface area contributed by atoms with Crippen molar-refractivity contribution in [3.8, 4) is 5.75 Å². The predicted molar refractivity (Wildman–Crippen MR) is 95.3 cm³/mol. The van der Waals surface area contributed by atoms with Gasteiger partial charge in [-0.05, 0) is 42.2 Å². The number of hydrazone groups is 1. The van der Waals surface area contributed by atoms with Crippen LogP contribution >= 0.6 is 0 Å². The van der Waals surface area contributed by atoms with E-state index in [9.17, 15) is 4.79 Å². The number of hydrogen-bond acceptors (Lipinski definition) is 4. The molecule has 5 nitrogen and oxygen atoms in total. The minimum Gasteiger partial charge on any atom is -0.484 e. The predicted octanol–water partition coefficient (Wildman–Crippen LogP) is 3.22. The second-order valence-corrected chi connectivity index (χ2v) is 6.56. The van der Waals surface area contributed by atoms with E-state index < -0.39 is 0 Å². The number of hydrogen-bond donors (Lipinski definition) is 1. The number of rotatable bonds is 5. The quantitative estimate of drug-likeness (QED) is 0.678. The third-order valence-corrected chi connectivity index (χ3v) is 3.39. The molecule has 0 aliphatic heterocycles. The minimum absolute atomic E-state index is 0.0898. The third-order valence-electron chi connectivity index (χ3n) is 3.39. The fraction of sp³-hybridized carbons (Fsp3) is 0.316. The number of amides is 1. The summed E-state index contributed by atoms with van der Waals surface area (Å²) >= 11 is 0. The molecule has 0 bridgehead atoms. The third kappa shape index (κ3) is 5.50. The fourth-order valence-electron chi connectivity index (χ4n) is 2.04. The highest BCUT2D eigenvalue weighted by atomic mass is 16.5. The zero-order valence-corrected chi connectivity index (χ0v) is 14.5. The molecule has 0 atom stereocenters. The molecular formula is C19H23N3O2. The Labute approximate surface area is 142 Å². The van der Waals surface area contributed by atoms with Crippen molar-refractivity contribution in [2.45, 2.75) is 33.1 Å². The molecule has 0 aliphatic carbocycles. The Morgan fingerprint density at radius 3 is 2.54 bits per heavy atom. The van der Waals surface area contributed by atoms with Gasteiger partial charge in [-0.2, -0.15) is 5.10 Å². The molecule has 0 aliphatic rings. The number of aromatic nitrogens is 1. The molecule has 126 valence electrons. The van der Waals surface area contributed by atoms with Crippen LogP contribution < -0.4 is 10.2 Å². The molecule has 2 aromatic rings. The van der Waals surface area contributed by atoms with Crippen LogP contribution in [-0.2, 0) is 10.2 Å². The average molecular weight is 325 g/mol. The molecule has 2 rings (SSSR count). The molecule has 0 saturated heterocycles. The van der Waals surface area contributed by atoms with Gasteiger partial charge in [-0.3, -0.25) is 9.78 Å². The zero-order valence-electron chi connectivity index (χ0n) is 14.5. The number of nitrogens with one attached hydrogen (secondary N) is 1. The van der Waals surface area contributed by atoms with Gasteiger partial charge in [0.25, 0.3) is 5.91 Å². The van der Waals surface area contributed by atoms with Gasteiger partial charge in [0.1, 0.15) is 5.75 Å². The van der Waals surface area contributed by atoms with Crippen molar-refractivity contribution in [3.05, 3.63) is 59.4 Å². The number of ether oxygens (including phenoxy) is 1. The molecule has 0 fully saturated rings. The Kier molecular flexibility index (Phi) is 5.68.